The van der Waals surface area contributed by atoms with Gasteiger partial charge in [-0.25, -0.2) is 5.01 Å². The van der Waals surface area contributed by atoms with E-state index in [2.05, 4.69) is 31.6 Å². The maximum atomic E-state index is 12.1. The van der Waals surface area contributed by atoms with Crippen LogP contribution in [0, 0.1) is 23.7 Å². The zero-order chi connectivity index (χ0) is 15.0. The molecule has 22 heavy (non-hydrogen) atoms. The van der Waals surface area contributed by atoms with Crippen LogP contribution in [0.5, 0.6) is 0 Å². The summed E-state index contributed by atoms with van der Waals surface area (Å²) in [6, 6.07) is 8.07. The molecule has 2 aliphatic heterocycles. The number of fused-ring (bicyclic) bond motifs is 8. The van der Waals surface area contributed by atoms with Crippen LogP contribution in [0.2, 0.25) is 0 Å². The first-order valence-electron chi connectivity index (χ1n) is 7.45. The van der Waals surface area contributed by atoms with Crippen LogP contribution in [0.1, 0.15) is 6.42 Å². The zero-order valence-electron chi connectivity index (χ0n) is 11.5. The van der Waals surface area contributed by atoms with Gasteiger partial charge < -0.3 is 0 Å². The van der Waals surface area contributed by atoms with Crippen molar-refractivity contribution in [1.29, 1.82) is 0 Å². The van der Waals surface area contributed by atoms with Gasteiger partial charge in [-0.15, -0.1) is 0 Å². The molecule has 1 saturated heterocycles. The summed E-state index contributed by atoms with van der Waals surface area (Å²) in [6.45, 7) is 0. The molecule has 7 heteroatoms. The van der Waals surface area contributed by atoms with Gasteiger partial charge >= 0.3 is 0 Å². The second-order valence-corrected chi connectivity index (χ2v) is 7.39. The van der Waals surface area contributed by atoms with E-state index in [9.17, 15) is 9.59 Å². The number of imide groups is 1. The van der Waals surface area contributed by atoms with Crippen LogP contribution in [-0.2, 0) is 9.59 Å². The van der Waals surface area contributed by atoms with Crippen molar-refractivity contribution in [2.24, 2.45) is 34.0 Å². The van der Waals surface area contributed by atoms with Gasteiger partial charge in [0.1, 0.15) is 0 Å². The summed E-state index contributed by atoms with van der Waals surface area (Å²) >= 11 is 3.43. The number of carbonyl (C=O) groups excluding carboxylic acids is 2. The minimum atomic E-state index is -0.194. The smallest absolute Gasteiger partial charge is 0.230 e. The number of halogens is 1. The van der Waals surface area contributed by atoms with Crippen molar-refractivity contribution in [3.8, 4) is 0 Å². The Balaban J connectivity index is 1.52. The second kappa shape index (κ2) is 4.16. The molecule has 2 amide bonds. The predicted molar refractivity (Wildman–Crippen MR) is 80.8 cm³/mol. The number of benzene rings is 1. The van der Waals surface area contributed by atoms with Crippen molar-refractivity contribution >= 4 is 33.4 Å². The van der Waals surface area contributed by atoms with E-state index in [-0.39, 0.29) is 47.6 Å². The summed E-state index contributed by atoms with van der Waals surface area (Å²) in [7, 11) is 0. The fourth-order valence-electron chi connectivity index (χ4n) is 4.83. The molecule has 1 N–H and O–H groups in total. The van der Waals surface area contributed by atoms with Crippen molar-refractivity contribution in [1.82, 2.24) is 5.32 Å². The second-order valence-electron chi connectivity index (χ2n) is 6.48. The van der Waals surface area contributed by atoms with Crippen molar-refractivity contribution in [2.45, 2.75) is 18.5 Å². The highest BCUT2D eigenvalue weighted by Crippen LogP contribution is 2.58. The Labute approximate surface area is 135 Å². The molecule has 6 nitrogen and oxygen atoms in total. The molecule has 6 unspecified atom stereocenters. The molecule has 2 bridgehead atoms. The summed E-state index contributed by atoms with van der Waals surface area (Å²) in [5.74, 6) is -0.301. The van der Waals surface area contributed by atoms with E-state index >= 15 is 0 Å². The molecule has 3 fully saturated rings. The standard InChI is InChI=1S/C15H13BrN4O2/c16-6-1-3-7(4-2-6)20-13-9-5-8(12(13)18-19-20)10-11(9)15(22)17-14(10)21/h1-4,8-13H,5H2,(H,17,21,22). The molecular formula is C15H13BrN4O2. The lowest BCUT2D eigenvalue weighted by molar-refractivity contribution is -0.126. The van der Waals surface area contributed by atoms with E-state index in [1.165, 1.54) is 0 Å². The van der Waals surface area contributed by atoms with E-state index in [4.69, 9.17) is 0 Å². The van der Waals surface area contributed by atoms with E-state index < -0.39 is 0 Å². The van der Waals surface area contributed by atoms with Crippen molar-refractivity contribution < 1.29 is 9.59 Å². The van der Waals surface area contributed by atoms with Gasteiger partial charge in [0.25, 0.3) is 0 Å². The van der Waals surface area contributed by atoms with Crippen LogP contribution >= 0.6 is 15.9 Å². The number of anilines is 1. The number of carbonyl (C=O) groups is 2. The molecule has 2 saturated carbocycles. The largest absolute Gasteiger partial charge is 0.296 e. The molecule has 1 aromatic rings. The minimum Gasteiger partial charge on any atom is -0.296 e. The highest BCUT2D eigenvalue weighted by Gasteiger charge is 2.68. The number of amides is 2. The first kappa shape index (κ1) is 12.8. The number of hydrogen-bond donors (Lipinski definition) is 1. The Hall–Kier alpha value is -1.76. The molecule has 0 radical (unpaired) electrons. The SMILES string of the molecule is O=C1NC(=O)C2C3CC(C4N=NN(c5ccc(Br)cc5)C34)C12. The quantitative estimate of drug-likeness (QED) is 0.777. The average Bonchev–Trinajstić information content (AvgIpc) is 3.21. The van der Waals surface area contributed by atoms with Crippen LogP contribution in [0.4, 0.5) is 5.69 Å². The molecule has 6 atom stereocenters. The van der Waals surface area contributed by atoms with Gasteiger partial charge in [0.15, 0.2) is 0 Å². The van der Waals surface area contributed by atoms with E-state index in [0.29, 0.717) is 0 Å². The van der Waals surface area contributed by atoms with Crippen molar-refractivity contribution in [3.05, 3.63) is 28.7 Å². The number of hydrogen-bond acceptors (Lipinski definition) is 5. The van der Waals surface area contributed by atoms with Gasteiger partial charge in [-0.05, 0) is 42.5 Å². The molecule has 5 rings (SSSR count). The van der Waals surface area contributed by atoms with Crippen molar-refractivity contribution in [2.75, 3.05) is 5.01 Å². The maximum absolute atomic E-state index is 12.1. The number of nitrogens with zero attached hydrogens (tertiary/aromatic N) is 3. The lowest BCUT2D eigenvalue weighted by atomic mass is 9.76. The van der Waals surface area contributed by atoms with E-state index in [0.717, 1.165) is 16.6 Å². The molecule has 4 aliphatic rings. The molecule has 1 aromatic carbocycles. The predicted octanol–water partition coefficient (Wildman–Crippen LogP) is 1.91. The monoisotopic (exact) mass is 360 g/mol. The topological polar surface area (TPSA) is 74.1 Å². The highest BCUT2D eigenvalue weighted by molar-refractivity contribution is 9.10. The Morgan fingerprint density at radius 1 is 1.09 bits per heavy atom. The van der Waals surface area contributed by atoms with Gasteiger partial charge in [-0.2, -0.15) is 5.11 Å². The van der Waals surface area contributed by atoms with Gasteiger partial charge in [-0.3, -0.25) is 14.9 Å². The lowest BCUT2D eigenvalue weighted by Gasteiger charge is -2.33. The first-order valence-corrected chi connectivity index (χ1v) is 8.25. The Morgan fingerprint density at radius 3 is 2.50 bits per heavy atom. The molecule has 0 aromatic heterocycles. The summed E-state index contributed by atoms with van der Waals surface area (Å²) in [4.78, 5) is 24.1. The summed E-state index contributed by atoms with van der Waals surface area (Å²) in [5.41, 5.74) is 0.980. The Bertz CT molecular complexity index is 719. The van der Waals surface area contributed by atoms with Crippen LogP contribution in [0.15, 0.2) is 39.1 Å². The Morgan fingerprint density at radius 2 is 1.77 bits per heavy atom. The molecule has 0 spiro atoms. The van der Waals surface area contributed by atoms with Gasteiger partial charge in [0, 0.05) is 4.47 Å². The fourth-order valence-corrected chi connectivity index (χ4v) is 5.09. The Kier molecular flexibility index (Phi) is 2.41. The summed E-state index contributed by atoms with van der Waals surface area (Å²) < 4.78 is 1.01. The first-order chi connectivity index (χ1) is 10.6. The summed E-state index contributed by atoms with van der Waals surface area (Å²) in [6.07, 6.45) is 0.899. The summed E-state index contributed by atoms with van der Waals surface area (Å²) in [5, 5.41) is 13.2. The van der Waals surface area contributed by atoms with Crippen LogP contribution in [0.3, 0.4) is 0 Å². The minimum absolute atomic E-state index is 0.0338. The number of nitrogens with one attached hydrogen (secondary N) is 1. The third kappa shape index (κ3) is 1.45. The van der Waals surface area contributed by atoms with E-state index in [1.54, 1.807) is 0 Å². The molecular weight excluding hydrogens is 348 g/mol. The van der Waals surface area contributed by atoms with Gasteiger partial charge in [0.05, 0.1) is 29.6 Å². The van der Waals surface area contributed by atoms with Crippen LogP contribution in [-0.4, -0.2) is 23.9 Å². The highest BCUT2D eigenvalue weighted by atomic mass is 79.9. The third-order valence-electron chi connectivity index (χ3n) is 5.59. The number of rotatable bonds is 1. The average molecular weight is 361 g/mol. The third-order valence-corrected chi connectivity index (χ3v) is 6.12. The van der Waals surface area contributed by atoms with Crippen LogP contribution < -0.4 is 10.3 Å². The normalized spacial score (nSPS) is 41.0. The maximum Gasteiger partial charge on any atom is 0.230 e. The van der Waals surface area contributed by atoms with Gasteiger partial charge in [0.2, 0.25) is 11.8 Å². The van der Waals surface area contributed by atoms with E-state index in [1.807, 2.05) is 29.3 Å². The van der Waals surface area contributed by atoms with Crippen molar-refractivity contribution in [3.63, 3.8) is 0 Å². The molecule has 2 aliphatic carbocycles. The zero-order valence-corrected chi connectivity index (χ0v) is 13.1. The fraction of sp³-hybridized carbons (Fsp3) is 0.467. The van der Waals surface area contributed by atoms with Crippen LogP contribution in [0.25, 0.3) is 0 Å². The lowest BCUT2D eigenvalue weighted by Crippen LogP contribution is -2.47. The molecule has 112 valence electrons. The molecule has 2 heterocycles. The van der Waals surface area contributed by atoms with Gasteiger partial charge in [-0.1, -0.05) is 21.2 Å².